The van der Waals surface area contributed by atoms with Crippen molar-refractivity contribution in [2.24, 2.45) is 22.9 Å². The largest absolute Gasteiger partial charge is 0.489 e. The molecule has 7 nitrogen and oxygen atoms in total. The number of hydrogen-bond acceptors (Lipinski definition) is 8. The van der Waals surface area contributed by atoms with E-state index in [1.54, 1.807) is 30.0 Å². The van der Waals surface area contributed by atoms with Crippen LogP contribution in [0, 0.1) is 23.6 Å². The highest BCUT2D eigenvalue weighted by Gasteiger charge is 2.64. The SMILES string of the molecule is C=CCO[C@@]12Oc3ccc(OCc4ccccc4F)cc3[C@H]3[C@H](CCCCO)[C@@H](CCCCO)C=C(C(=NOC(C)(C)C)C[C@@H]1Sc1ccc4ccccc4c1)[C@H]32. The second-order valence-electron chi connectivity index (χ2n) is 16.5. The van der Waals surface area contributed by atoms with Gasteiger partial charge in [-0.15, -0.1) is 18.3 Å². The average Bonchev–Trinajstić information content (AvgIpc) is 3.20. The number of halogens is 1. The van der Waals surface area contributed by atoms with Gasteiger partial charge in [-0.05, 0) is 111 Å². The van der Waals surface area contributed by atoms with Crippen LogP contribution in [-0.4, -0.2) is 52.4 Å². The molecule has 0 unspecified atom stereocenters. The molecule has 1 aliphatic heterocycles. The summed E-state index contributed by atoms with van der Waals surface area (Å²) in [6.45, 7) is 10.7. The topological polar surface area (TPSA) is 89.7 Å². The second kappa shape index (κ2) is 18.2. The molecule has 0 aromatic heterocycles. The highest BCUT2D eigenvalue weighted by Crippen LogP contribution is 2.63. The molecule has 1 heterocycles. The summed E-state index contributed by atoms with van der Waals surface area (Å²) in [7, 11) is 0. The summed E-state index contributed by atoms with van der Waals surface area (Å²) < 4.78 is 35.5. The maximum absolute atomic E-state index is 14.7. The average molecular weight is 794 g/mol. The Balaban J connectivity index is 1.41. The first kappa shape index (κ1) is 41.0. The van der Waals surface area contributed by atoms with Gasteiger partial charge in [0.25, 0.3) is 0 Å². The number of benzene rings is 4. The Kier molecular flexibility index (Phi) is 13.1. The summed E-state index contributed by atoms with van der Waals surface area (Å²) in [5, 5.41) is 26.8. The van der Waals surface area contributed by atoms with Gasteiger partial charge in [-0.3, -0.25) is 0 Å². The molecule has 3 aliphatic rings. The summed E-state index contributed by atoms with van der Waals surface area (Å²) >= 11 is 1.75. The van der Waals surface area contributed by atoms with Crippen LogP contribution in [0.3, 0.4) is 0 Å². The van der Waals surface area contributed by atoms with Gasteiger partial charge in [0.05, 0.1) is 23.5 Å². The second-order valence-corrected chi connectivity index (χ2v) is 17.7. The fraction of sp³-hybridized carbons (Fsp3) is 0.438. The number of hydrogen-bond donors (Lipinski definition) is 2. The van der Waals surface area contributed by atoms with Gasteiger partial charge < -0.3 is 29.3 Å². The molecule has 0 amide bonds. The van der Waals surface area contributed by atoms with Crippen molar-refractivity contribution >= 4 is 28.2 Å². The Morgan fingerprint density at radius 2 is 1.68 bits per heavy atom. The maximum atomic E-state index is 14.7. The fourth-order valence-corrected chi connectivity index (χ4v) is 10.2. The minimum Gasteiger partial charge on any atom is -0.489 e. The van der Waals surface area contributed by atoms with Crippen molar-refractivity contribution in [3.05, 3.63) is 126 Å². The highest BCUT2D eigenvalue weighted by molar-refractivity contribution is 8.00. The predicted octanol–water partition coefficient (Wildman–Crippen LogP) is 10.8. The first-order valence-electron chi connectivity index (χ1n) is 20.4. The van der Waals surface area contributed by atoms with E-state index in [2.05, 4.69) is 61.2 Å². The van der Waals surface area contributed by atoms with Crippen LogP contribution in [0.2, 0.25) is 0 Å². The number of unbranched alkanes of at least 4 members (excludes halogenated alkanes) is 2. The number of oxime groups is 1. The van der Waals surface area contributed by atoms with E-state index in [0.29, 0.717) is 24.2 Å². The van der Waals surface area contributed by atoms with Crippen LogP contribution >= 0.6 is 11.8 Å². The molecule has 57 heavy (non-hydrogen) atoms. The summed E-state index contributed by atoms with van der Waals surface area (Å²) in [6.07, 6.45) is 9.64. The molecular formula is C48H56FNO6S. The van der Waals surface area contributed by atoms with Crippen LogP contribution in [0.15, 0.2) is 119 Å². The molecular weight excluding hydrogens is 738 g/mol. The first-order chi connectivity index (χ1) is 27.6. The van der Waals surface area contributed by atoms with Gasteiger partial charge in [0.2, 0.25) is 5.79 Å². The molecule has 1 fully saturated rings. The Hall–Kier alpha value is -4.15. The molecule has 0 saturated heterocycles. The third kappa shape index (κ3) is 9.12. The van der Waals surface area contributed by atoms with E-state index in [0.717, 1.165) is 65.0 Å². The van der Waals surface area contributed by atoms with Gasteiger partial charge in [0.1, 0.15) is 29.5 Å². The van der Waals surface area contributed by atoms with E-state index in [4.69, 9.17) is 24.2 Å². The lowest BCUT2D eigenvalue weighted by atomic mass is 9.56. The molecule has 7 rings (SSSR count). The lowest BCUT2D eigenvalue weighted by Crippen LogP contribution is -2.64. The summed E-state index contributed by atoms with van der Waals surface area (Å²) in [4.78, 5) is 7.35. The molecule has 9 heteroatoms. The van der Waals surface area contributed by atoms with E-state index in [9.17, 15) is 14.6 Å². The quantitative estimate of drug-likeness (QED) is 0.0625. The molecule has 1 saturated carbocycles. The summed E-state index contributed by atoms with van der Waals surface area (Å²) in [6, 6.07) is 27.6. The van der Waals surface area contributed by atoms with Crippen molar-refractivity contribution < 1.29 is 33.7 Å². The number of ether oxygens (including phenoxy) is 3. The lowest BCUT2D eigenvalue weighted by molar-refractivity contribution is -0.223. The van der Waals surface area contributed by atoms with Crippen molar-refractivity contribution in [3.8, 4) is 11.5 Å². The molecule has 2 N–H and O–H groups in total. The molecule has 4 aromatic carbocycles. The Bertz CT molecular complexity index is 2080. The smallest absolute Gasteiger partial charge is 0.231 e. The van der Waals surface area contributed by atoms with Gasteiger partial charge in [0.15, 0.2) is 0 Å². The van der Waals surface area contributed by atoms with Crippen molar-refractivity contribution in [1.82, 2.24) is 0 Å². The van der Waals surface area contributed by atoms with E-state index >= 15 is 0 Å². The molecule has 6 atom stereocenters. The molecule has 0 spiro atoms. The van der Waals surface area contributed by atoms with Crippen LogP contribution in [0.4, 0.5) is 4.39 Å². The Morgan fingerprint density at radius 1 is 0.930 bits per heavy atom. The number of aliphatic hydroxyl groups is 2. The number of aliphatic hydroxyl groups excluding tert-OH is 2. The molecule has 2 aliphatic carbocycles. The van der Waals surface area contributed by atoms with Crippen molar-refractivity contribution in [1.29, 1.82) is 0 Å². The first-order valence-corrected chi connectivity index (χ1v) is 21.3. The number of thioether (sulfide) groups is 1. The van der Waals surface area contributed by atoms with Gasteiger partial charge in [-0.2, -0.15) is 0 Å². The van der Waals surface area contributed by atoms with Gasteiger partial charge in [0, 0.05) is 41.6 Å². The van der Waals surface area contributed by atoms with Crippen LogP contribution < -0.4 is 9.47 Å². The minimum atomic E-state index is -1.12. The fourth-order valence-electron chi connectivity index (χ4n) is 8.89. The monoisotopic (exact) mass is 793 g/mol. The van der Waals surface area contributed by atoms with E-state index < -0.39 is 11.4 Å². The van der Waals surface area contributed by atoms with Gasteiger partial charge >= 0.3 is 0 Å². The van der Waals surface area contributed by atoms with Crippen LogP contribution in [-0.2, 0) is 16.2 Å². The normalized spacial score (nSPS) is 24.6. The third-order valence-electron chi connectivity index (χ3n) is 11.4. The predicted molar refractivity (Wildman–Crippen MR) is 226 cm³/mol. The molecule has 302 valence electrons. The Labute approximate surface area is 340 Å². The molecule has 0 radical (unpaired) electrons. The van der Waals surface area contributed by atoms with Crippen molar-refractivity contribution in [2.75, 3.05) is 19.8 Å². The zero-order chi connectivity index (χ0) is 40.0. The zero-order valence-corrected chi connectivity index (χ0v) is 34.2. The molecule has 0 bridgehead atoms. The van der Waals surface area contributed by atoms with Gasteiger partial charge in [-0.1, -0.05) is 78.7 Å². The number of rotatable bonds is 17. The summed E-state index contributed by atoms with van der Waals surface area (Å²) in [5.74, 6) is -0.128. The number of nitrogens with zero attached hydrogens (tertiary/aromatic N) is 1. The van der Waals surface area contributed by atoms with Crippen LogP contribution in [0.1, 0.15) is 82.8 Å². The third-order valence-corrected chi connectivity index (χ3v) is 12.7. The number of allylic oxidation sites excluding steroid dienone is 1. The van der Waals surface area contributed by atoms with Crippen LogP contribution in [0.25, 0.3) is 10.8 Å². The van der Waals surface area contributed by atoms with Crippen molar-refractivity contribution in [3.63, 3.8) is 0 Å². The molecule has 4 aromatic rings. The summed E-state index contributed by atoms with van der Waals surface area (Å²) in [5.41, 5.74) is 2.94. The zero-order valence-electron chi connectivity index (χ0n) is 33.4. The Morgan fingerprint density at radius 3 is 2.44 bits per heavy atom. The highest BCUT2D eigenvalue weighted by atomic mass is 32.2. The van der Waals surface area contributed by atoms with E-state index in [1.165, 1.54) is 11.5 Å². The van der Waals surface area contributed by atoms with E-state index in [1.807, 2.05) is 39.0 Å². The van der Waals surface area contributed by atoms with Crippen molar-refractivity contribution in [2.45, 2.75) is 99.8 Å². The van der Waals surface area contributed by atoms with Gasteiger partial charge in [-0.25, -0.2) is 4.39 Å². The van der Waals surface area contributed by atoms with Crippen LogP contribution in [0.5, 0.6) is 11.5 Å². The standard InChI is InChI=1S/C48H56FNO6S/c1-5-26-54-48-44(57-37-22-20-32-14-6-7-15-33(32)27-37)30-42(50-56-47(2,3)4)39-28-34(16-10-12-24-51)38(18-11-13-25-52)45(46(39)48)40-29-36(21-23-43(40)55-48)53-31-35-17-8-9-19-41(35)49/h5-9,14-15,17,19-23,27-29,34,38,44-46,51-52H,1,10-13,16,18,24-26,30-31H2,2-4H3/t34-,38+,44-,45+,46+,48+/m0/s1. The van der Waals surface area contributed by atoms with E-state index in [-0.39, 0.29) is 61.2 Å². The minimum absolute atomic E-state index is 0.0896. The maximum Gasteiger partial charge on any atom is 0.231 e. The number of fused-ring (bicyclic) bond motifs is 3. The lowest BCUT2D eigenvalue weighted by Gasteiger charge is -2.58.